The summed E-state index contributed by atoms with van der Waals surface area (Å²) in [6, 6.07) is -0.123. The number of rotatable bonds is 4. The highest BCUT2D eigenvalue weighted by atomic mass is 16.5. The lowest BCUT2D eigenvalue weighted by Crippen LogP contribution is -2.44. The molecule has 0 bridgehead atoms. The Labute approximate surface area is 101 Å². The number of hydrogen-bond acceptors (Lipinski definition) is 3. The highest BCUT2D eigenvalue weighted by molar-refractivity contribution is 5.71. The largest absolute Gasteiger partial charge is 0.481 e. The van der Waals surface area contributed by atoms with Crippen LogP contribution in [0.5, 0.6) is 0 Å². The quantitative estimate of drug-likeness (QED) is 0.736. The topological polar surface area (TPSA) is 75.6 Å². The Hall–Kier alpha value is -1.52. The van der Waals surface area contributed by atoms with Crippen LogP contribution < -0.4 is 5.32 Å². The van der Waals surface area contributed by atoms with E-state index < -0.39 is 12.1 Å². The summed E-state index contributed by atoms with van der Waals surface area (Å²) in [6.07, 6.45) is 2.94. The first-order valence-corrected chi connectivity index (χ1v) is 5.81. The molecule has 3 atom stereocenters. The predicted octanol–water partition coefficient (Wildman–Crippen LogP) is 1.79. The number of hydrogen-bond donors (Lipinski definition) is 2. The van der Waals surface area contributed by atoms with Crippen molar-refractivity contribution in [2.45, 2.75) is 32.2 Å². The third-order valence-electron chi connectivity index (χ3n) is 3.18. The lowest BCUT2D eigenvalue weighted by molar-refractivity contribution is -0.143. The molecule has 3 unspecified atom stereocenters. The lowest BCUT2D eigenvalue weighted by atomic mass is 9.79. The highest BCUT2D eigenvalue weighted by Gasteiger charge is 2.32. The van der Waals surface area contributed by atoms with E-state index in [-0.39, 0.29) is 24.5 Å². The molecule has 1 amide bonds. The number of ether oxygens (including phenoxy) is 1. The third-order valence-corrected chi connectivity index (χ3v) is 3.18. The van der Waals surface area contributed by atoms with Gasteiger partial charge in [0.15, 0.2) is 0 Å². The van der Waals surface area contributed by atoms with Gasteiger partial charge in [-0.1, -0.05) is 19.6 Å². The summed E-state index contributed by atoms with van der Waals surface area (Å²) in [5.74, 6) is -0.874. The molecule has 5 nitrogen and oxygen atoms in total. The fourth-order valence-electron chi connectivity index (χ4n) is 2.08. The Morgan fingerprint density at radius 1 is 1.53 bits per heavy atom. The maximum atomic E-state index is 11.4. The summed E-state index contributed by atoms with van der Waals surface area (Å²) in [5, 5.41) is 11.7. The van der Waals surface area contributed by atoms with Gasteiger partial charge < -0.3 is 15.2 Å². The maximum Gasteiger partial charge on any atom is 0.407 e. The Morgan fingerprint density at radius 3 is 2.82 bits per heavy atom. The van der Waals surface area contributed by atoms with Gasteiger partial charge in [-0.05, 0) is 25.2 Å². The van der Waals surface area contributed by atoms with Gasteiger partial charge in [0.25, 0.3) is 0 Å². The van der Waals surface area contributed by atoms with Gasteiger partial charge in [-0.3, -0.25) is 4.79 Å². The van der Waals surface area contributed by atoms with Crippen LogP contribution in [0.15, 0.2) is 12.7 Å². The van der Waals surface area contributed by atoms with Crippen LogP contribution in [0.4, 0.5) is 4.79 Å². The van der Waals surface area contributed by atoms with Crippen LogP contribution in [-0.4, -0.2) is 29.8 Å². The van der Waals surface area contributed by atoms with E-state index in [1.807, 2.05) is 6.92 Å². The summed E-state index contributed by atoms with van der Waals surface area (Å²) >= 11 is 0. The smallest absolute Gasteiger partial charge is 0.407 e. The summed E-state index contributed by atoms with van der Waals surface area (Å²) in [4.78, 5) is 22.3. The van der Waals surface area contributed by atoms with Crippen molar-refractivity contribution in [1.82, 2.24) is 5.32 Å². The van der Waals surface area contributed by atoms with Gasteiger partial charge in [0.05, 0.1) is 5.92 Å². The van der Waals surface area contributed by atoms with E-state index in [1.165, 1.54) is 6.08 Å². The average Bonchev–Trinajstić information content (AvgIpc) is 2.29. The number of amides is 1. The molecule has 1 saturated carbocycles. The first-order chi connectivity index (χ1) is 8.04. The van der Waals surface area contributed by atoms with Crippen molar-refractivity contribution in [3.63, 3.8) is 0 Å². The summed E-state index contributed by atoms with van der Waals surface area (Å²) < 4.78 is 4.82. The van der Waals surface area contributed by atoms with Crippen LogP contribution in [-0.2, 0) is 9.53 Å². The van der Waals surface area contributed by atoms with Crippen molar-refractivity contribution in [1.29, 1.82) is 0 Å². The maximum absolute atomic E-state index is 11.4. The SMILES string of the molecule is C=CCOC(=O)NC1CC(C(=O)O)CCC1C. The minimum atomic E-state index is -0.789. The summed E-state index contributed by atoms with van der Waals surface area (Å²) in [5.41, 5.74) is 0. The monoisotopic (exact) mass is 241 g/mol. The molecule has 0 aliphatic heterocycles. The van der Waals surface area contributed by atoms with Crippen LogP contribution in [0.3, 0.4) is 0 Å². The van der Waals surface area contributed by atoms with Gasteiger partial charge in [0, 0.05) is 6.04 Å². The summed E-state index contributed by atoms with van der Waals surface area (Å²) in [7, 11) is 0. The van der Waals surface area contributed by atoms with Crippen LogP contribution in [0.25, 0.3) is 0 Å². The van der Waals surface area contributed by atoms with Crippen molar-refractivity contribution in [2.75, 3.05) is 6.61 Å². The molecule has 0 radical (unpaired) electrons. The molecule has 0 aromatic rings. The zero-order valence-corrected chi connectivity index (χ0v) is 10.0. The fraction of sp³-hybridized carbons (Fsp3) is 0.667. The lowest BCUT2D eigenvalue weighted by Gasteiger charge is -2.32. The van der Waals surface area contributed by atoms with Crippen molar-refractivity contribution in [3.8, 4) is 0 Å². The molecule has 2 N–H and O–H groups in total. The van der Waals surface area contributed by atoms with Crippen LogP contribution in [0.1, 0.15) is 26.2 Å². The molecule has 1 aliphatic rings. The first kappa shape index (κ1) is 13.5. The van der Waals surface area contributed by atoms with E-state index in [1.54, 1.807) is 0 Å². The molecule has 0 saturated heterocycles. The van der Waals surface area contributed by atoms with Crippen LogP contribution >= 0.6 is 0 Å². The Bertz CT molecular complexity index is 303. The Morgan fingerprint density at radius 2 is 2.24 bits per heavy atom. The number of alkyl carbamates (subject to hydrolysis) is 1. The van der Waals surface area contributed by atoms with Crippen molar-refractivity contribution in [3.05, 3.63) is 12.7 Å². The molecular weight excluding hydrogens is 222 g/mol. The van der Waals surface area contributed by atoms with E-state index in [0.29, 0.717) is 12.8 Å². The minimum Gasteiger partial charge on any atom is -0.481 e. The molecule has 17 heavy (non-hydrogen) atoms. The van der Waals surface area contributed by atoms with Gasteiger partial charge in [0.1, 0.15) is 6.61 Å². The molecule has 1 fully saturated rings. The standard InChI is InChI=1S/C12H19NO4/c1-3-6-17-12(16)13-10-7-9(11(14)15)5-4-8(10)2/h3,8-10H,1,4-7H2,2H3,(H,13,16)(H,14,15). The average molecular weight is 241 g/mol. The van der Waals surface area contributed by atoms with Gasteiger partial charge in [0.2, 0.25) is 0 Å². The molecular formula is C12H19NO4. The normalized spacial score (nSPS) is 28.2. The Kier molecular flexibility index (Phi) is 5.00. The minimum absolute atomic E-state index is 0.123. The van der Waals surface area contributed by atoms with Gasteiger partial charge >= 0.3 is 12.1 Å². The third kappa shape index (κ3) is 4.09. The molecule has 1 aliphatic carbocycles. The second kappa shape index (κ2) is 6.27. The van der Waals surface area contributed by atoms with Crippen molar-refractivity contribution < 1.29 is 19.4 Å². The molecule has 0 spiro atoms. The molecule has 0 heterocycles. The van der Waals surface area contributed by atoms with Gasteiger partial charge in [-0.2, -0.15) is 0 Å². The van der Waals surface area contributed by atoms with Crippen molar-refractivity contribution in [2.24, 2.45) is 11.8 Å². The number of nitrogens with one attached hydrogen (secondary N) is 1. The van der Waals surface area contributed by atoms with E-state index in [0.717, 1.165) is 6.42 Å². The zero-order valence-electron chi connectivity index (χ0n) is 10.0. The molecule has 0 aromatic heterocycles. The number of carboxylic acids is 1. The summed E-state index contributed by atoms with van der Waals surface area (Å²) in [6.45, 7) is 5.62. The number of carboxylic acid groups (broad SMARTS) is 1. The van der Waals surface area contributed by atoms with E-state index >= 15 is 0 Å². The molecule has 0 aromatic carbocycles. The molecule has 1 rings (SSSR count). The second-order valence-corrected chi connectivity index (χ2v) is 4.46. The number of aliphatic carboxylic acids is 1. The molecule has 96 valence electrons. The van der Waals surface area contributed by atoms with Crippen LogP contribution in [0.2, 0.25) is 0 Å². The number of carbonyl (C=O) groups excluding carboxylic acids is 1. The second-order valence-electron chi connectivity index (χ2n) is 4.46. The Balaban J connectivity index is 2.46. The van der Waals surface area contributed by atoms with Gasteiger partial charge in [-0.15, -0.1) is 0 Å². The first-order valence-electron chi connectivity index (χ1n) is 5.81. The van der Waals surface area contributed by atoms with E-state index in [2.05, 4.69) is 11.9 Å². The zero-order chi connectivity index (χ0) is 12.8. The van der Waals surface area contributed by atoms with Gasteiger partial charge in [-0.25, -0.2) is 4.79 Å². The number of carbonyl (C=O) groups is 2. The highest BCUT2D eigenvalue weighted by Crippen LogP contribution is 2.29. The van der Waals surface area contributed by atoms with E-state index in [9.17, 15) is 9.59 Å². The van der Waals surface area contributed by atoms with E-state index in [4.69, 9.17) is 9.84 Å². The molecule has 5 heteroatoms. The van der Waals surface area contributed by atoms with Crippen LogP contribution in [0, 0.1) is 11.8 Å². The predicted molar refractivity (Wildman–Crippen MR) is 62.6 cm³/mol. The van der Waals surface area contributed by atoms with Crippen molar-refractivity contribution >= 4 is 12.1 Å². The fourth-order valence-corrected chi connectivity index (χ4v) is 2.08.